The van der Waals surface area contributed by atoms with Crippen molar-refractivity contribution in [2.45, 2.75) is 10.9 Å². The van der Waals surface area contributed by atoms with Gasteiger partial charge in [-0.15, -0.1) is 10.2 Å². The van der Waals surface area contributed by atoms with Crippen LogP contribution in [0.2, 0.25) is 5.02 Å². The Bertz CT molecular complexity index is 972. The highest BCUT2D eigenvalue weighted by molar-refractivity contribution is 7.98. The molecule has 3 rings (SSSR count). The van der Waals surface area contributed by atoms with E-state index in [2.05, 4.69) is 20.7 Å². The standard InChI is InChI=1S/C18H16ClN5O2S/c1-24-11-21-23-18(24)27-10-12-2-4-13(5-3-12)17(26)22-20-9-14-8-15(19)6-7-16(14)25/h2-9,11,25H,10H2,1H3,(H,22,26)/b20-9+. The minimum absolute atomic E-state index is 0.0298. The van der Waals surface area contributed by atoms with Gasteiger partial charge in [-0.2, -0.15) is 5.10 Å². The van der Waals surface area contributed by atoms with Crippen LogP contribution in [0.1, 0.15) is 21.5 Å². The van der Waals surface area contributed by atoms with Crippen LogP contribution in [0.25, 0.3) is 0 Å². The van der Waals surface area contributed by atoms with Gasteiger partial charge in [0, 0.05) is 29.0 Å². The molecule has 0 aliphatic rings. The third-order valence-electron chi connectivity index (χ3n) is 3.61. The predicted octanol–water partition coefficient (Wildman–Crippen LogP) is 3.23. The number of aryl methyl sites for hydroxylation is 1. The Morgan fingerprint density at radius 3 is 2.81 bits per heavy atom. The van der Waals surface area contributed by atoms with Crippen LogP contribution in [0.4, 0.5) is 0 Å². The van der Waals surface area contributed by atoms with Crippen molar-refractivity contribution in [3.05, 3.63) is 70.5 Å². The first-order chi connectivity index (χ1) is 13.0. The van der Waals surface area contributed by atoms with Gasteiger partial charge in [0.25, 0.3) is 5.91 Å². The summed E-state index contributed by atoms with van der Waals surface area (Å²) in [5, 5.41) is 22.7. The number of benzene rings is 2. The normalized spacial score (nSPS) is 11.0. The fourth-order valence-electron chi connectivity index (χ4n) is 2.16. The van der Waals surface area contributed by atoms with E-state index in [0.717, 1.165) is 16.5 Å². The molecule has 2 N–H and O–H groups in total. The summed E-state index contributed by atoms with van der Waals surface area (Å²) in [6.07, 6.45) is 2.99. The second-order valence-electron chi connectivity index (χ2n) is 5.61. The molecule has 0 unspecified atom stereocenters. The highest BCUT2D eigenvalue weighted by atomic mass is 35.5. The number of phenols is 1. The number of phenolic OH excluding ortho intramolecular Hbond substituents is 1. The highest BCUT2D eigenvalue weighted by Crippen LogP contribution is 2.20. The van der Waals surface area contributed by atoms with E-state index < -0.39 is 0 Å². The Morgan fingerprint density at radius 1 is 1.33 bits per heavy atom. The number of hydrazone groups is 1. The van der Waals surface area contributed by atoms with Crippen LogP contribution in [-0.2, 0) is 12.8 Å². The number of aromatic hydroxyl groups is 1. The minimum Gasteiger partial charge on any atom is -0.507 e. The van der Waals surface area contributed by atoms with Crippen molar-refractivity contribution in [2.75, 3.05) is 0 Å². The molecular weight excluding hydrogens is 386 g/mol. The van der Waals surface area contributed by atoms with Gasteiger partial charge in [0.2, 0.25) is 0 Å². The summed E-state index contributed by atoms with van der Waals surface area (Å²) in [4.78, 5) is 12.1. The van der Waals surface area contributed by atoms with Crippen LogP contribution in [0, 0.1) is 0 Å². The average molecular weight is 402 g/mol. The SMILES string of the molecule is Cn1cnnc1SCc1ccc(C(=O)N/N=C/c2cc(Cl)ccc2O)cc1. The highest BCUT2D eigenvalue weighted by Gasteiger charge is 2.06. The van der Waals surface area contributed by atoms with Crippen LogP contribution >= 0.6 is 23.4 Å². The minimum atomic E-state index is -0.347. The zero-order valence-corrected chi connectivity index (χ0v) is 15.9. The van der Waals surface area contributed by atoms with Crippen molar-refractivity contribution >= 4 is 35.5 Å². The van der Waals surface area contributed by atoms with Gasteiger partial charge in [-0.25, -0.2) is 5.43 Å². The van der Waals surface area contributed by atoms with Gasteiger partial charge in [-0.1, -0.05) is 35.5 Å². The predicted molar refractivity (Wildman–Crippen MR) is 105 cm³/mol. The summed E-state index contributed by atoms with van der Waals surface area (Å²) in [6.45, 7) is 0. The number of rotatable bonds is 6. The fourth-order valence-corrected chi connectivity index (χ4v) is 3.18. The Hall–Kier alpha value is -2.84. The molecule has 9 heteroatoms. The monoisotopic (exact) mass is 401 g/mol. The first-order valence-electron chi connectivity index (χ1n) is 7.90. The van der Waals surface area contributed by atoms with Crippen LogP contribution in [-0.4, -0.2) is 32.0 Å². The molecule has 1 amide bonds. The van der Waals surface area contributed by atoms with Gasteiger partial charge < -0.3 is 9.67 Å². The van der Waals surface area contributed by atoms with E-state index in [9.17, 15) is 9.90 Å². The molecule has 3 aromatic rings. The van der Waals surface area contributed by atoms with E-state index in [4.69, 9.17) is 11.6 Å². The Kier molecular flexibility index (Phi) is 6.10. The van der Waals surface area contributed by atoms with Crippen molar-refractivity contribution in [1.82, 2.24) is 20.2 Å². The third-order valence-corrected chi connectivity index (χ3v) is 4.95. The lowest BCUT2D eigenvalue weighted by Crippen LogP contribution is -2.17. The van der Waals surface area contributed by atoms with Crippen molar-refractivity contribution in [3.8, 4) is 5.75 Å². The molecule has 2 aromatic carbocycles. The summed E-state index contributed by atoms with van der Waals surface area (Å²) in [7, 11) is 1.89. The molecule has 0 saturated carbocycles. The Balaban J connectivity index is 1.56. The van der Waals surface area contributed by atoms with E-state index in [-0.39, 0.29) is 11.7 Å². The molecule has 27 heavy (non-hydrogen) atoms. The van der Waals surface area contributed by atoms with Crippen LogP contribution in [0.3, 0.4) is 0 Å². The fraction of sp³-hybridized carbons (Fsp3) is 0.111. The van der Waals surface area contributed by atoms with Crippen molar-refractivity contribution < 1.29 is 9.90 Å². The molecule has 0 aliphatic heterocycles. The smallest absolute Gasteiger partial charge is 0.271 e. The van der Waals surface area contributed by atoms with Gasteiger partial charge in [-0.3, -0.25) is 4.79 Å². The maximum Gasteiger partial charge on any atom is 0.271 e. The molecule has 0 aliphatic carbocycles. The van der Waals surface area contributed by atoms with Gasteiger partial charge in [0.05, 0.1) is 6.21 Å². The van der Waals surface area contributed by atoms with Gasteiger partial charge in [-0.05, 0) is 35.9 Å². The lowest BCUT2D eigenvalue weighted by atomic mass is 10.1. The largest absolute Gasteiger partial charge is 0.507 e. The van der Waals surface area contributed by atoms with Gasteiger partial charge >= 0.3 is 0 Å². The zero-order valence-electron chi connectivity index (χ0n) is 14.3. The van der Waals surface area contributed by atoms with E-state index in [1.54, 1.807) is 42.4 Å². The van der Waals surface area contributed by atoms with Crippen LogP contribution in [0.5, 0.6) is 5.75 Å². The molecule has 0 fully saturated rings. The lowest BCUT2D eigenvalue weighted by Gasteiger charge is -2.04. The van der Waals surface area contributed by atoms with Crippen molar-refractivity contribution in [3.63, 3.8) is 0 Å². The quantitative estimate of drug-likeness (QED) is 0.376. The first kappa shape index (κ1) is 18.9. The topological polar surface area (TPSA) is 92.4 Å². The summed E-state index contributed by atoms with van der Waals surface area (Å²) >= 11 is 7.43. The molecule has 0 bridgehead atoms. The number of halogens is 1. The Labute approximate surface area is 165 Å². The van der Waals surface area contributed by atoms with Crippen molar-refractivity contribution in [1.29, 1.82) is 0 Å². The molecule has 0 radical (unpaired) electrons. The van der Waals surface area contributed by atoms with E-state index in [1.807, 2.05) is 23.7 Å². The number of amides is 1. The number of nitrogens with zero attached hydrogens (tertiary/aromatic N) is 4. The number of thioether (sulfide) groups is 1. The van der Waals surface area contributed by atoms with E-state index in [0.29, 0.717) is 16.1 Å². The molecule has 0 atom stereocenters. The van der Waals surface area contributed by atoms with E-state index in [1.165, 1.54) is 12.3 Å². The lowest BCUT2D eigenvalue weighted by molar-refractivity contribution is 0.0955. The van der Waals surface area contributed by atoms with Crippen LogP contribution < -0.4 is 5.43 Å². The maximum absolute atomic E-state index is 12.1. The second-order valence-corrected chi connectivity index (χ2v) is 6.99. The van der Waals surface area contributed by atoms with Gasteiger partial charge in [0.15, 0.2) is 5.16 Å². The number of aromatic nitrogens is 3. The summed E-state index contributed by atoms with van der Waals surface area (Å²) in [5.74, 6) is 0.406. The number of hydrogen-bond donors (Lipinski definition) is 2. The van der Waals surface area contributed by atoms with Crippen molar-refractivity contribution in [2.24, 2.45) is 12.1 Å². The average Bonchev–Trinajstić information content (AvgIpc) is 3.08. The molecule has 0 spiro atoms. The number of carbonyl (C=O) groups is 1. The third kappa shape index (κ3) is 5.08. The zero-order chi connectivity index (χ0) is 19.2. The van der Waals surface area contributed by atoms with Gasteiger partial charge in [0.1, 0.15) is 12.1 Å². The summed E-state index contributed by atoms with van der Waals surface area (Å²) in [5.41, 5.74) is 4.38. The molecule has 7 nitrogen and oxygen atoms in total. The summed E-state index contributed by atoms with van der Waals surface area (Å²) < 4.78 is 1.85. The Morgan fingerprint density at radius 2 is 2.11 bits per heavy atom. The molecule has 1 heterocycles. The number of hydrogen-bond acceptors (Lipinski definition) is 6. The van der Waals surface area contributed by atoms with Crippen LogP contribution in [0.15, 0.2) is 59.0 Å². The molecular formula is C18H16ClN5O2S. The second kappa shape index (κ2) is 8.70. The molecule has 1 aromatic heterocycles. The molecule has 138 valence electrons. The number of nitrogens with one attached hydrogen (secondary N) is 1. The number of carbonyl (C=O) groups excluding carboxylic acids is 1. The summed E-state index contributed by atoms with van der Waals surface area (Å²) in [6, 6.07) is 11.8. The first-order valence-corrected chi connectivity index (χ1v) is 9.27. The maximum atomic E-state index is 12.1. The van der Waals surface area contributed by atoms with E-state index >= 15 is 0 Å². The molecule has 0 saturated heterocycles.